The van der Waals surface area contributed by atoms with Gasteiger partial charge in [-0.2, -0.15) is 4.89 Å². The normalized spacial score (nSPS) is 22.7. The van der Waals surface area contributed by atoms with E-state index in [2.05, 4.69) is 23.0 Å². The molecule has 0 fully saturated rings. The molecular formula is C22H36O5. The van der Waals surface area contributed by atoms with Crippen molar-refractivity contribution in [1.82, 2.24) is 0 Å². The predicted molar refractivity (Wildman–Crippen MR) is 107 cm³/mol. The summed E-state index contributed by atoms with van der Waals surface area (Å²) in [5, 5.41) is 0. The molecule has 0 bridgehead atoms. The lowest BCUT2D eigenvalue weighted by molar-refractivity contribution is -0.428. The van der Waals surface area contributed by atoms with Gasteiger partial charge in [0.05, 0.1) is 13.5 Å². The van der Waals surface area contributed by atoms with Crippen LogP contribution in [0.4, 0.5) is 0 Å². The molecular weight excluding hydrogens is 344 g/mol. The second kappa shape index (κ2) is 14.6. The minimum atomic E-state index is -0.841. The second-order valence-electron chi connectivity index (χ2n) is 6.84. The van der Waals surface area contributed by atoms with Crippen molar-refractivity contribution in [2.45, 2.75) is 83.0 Å². The Kier molecular flexibility index (Phi) is 12.8. The van der Waals surface area contributed by atoms with E-state index < -0.39 is 11.9 Å². The first-order valence-corrected chi connectivity index (χ1v) is 10.1. The first-order valence-electron chi connectivity index (χ1n) is 10.1. The number of rotatable bonds is 14. The van der Waals surface area contributed by atoms with E-state index in [4.69, 9.17) is 14.5 Å². The highest BCUT2D eigenvalue weighted by Crippen LogP contribution is 2.28. The van der Waals surface area contributed by atoms with Gasteiger partial charge < -0.3 is 9.47 Å². The number of esters is 1. The molecule has 1 aliphatic rings. The van der Waals surface area contributed by atoms with Crippen LogP contribution in [0.2, 0.25) is 0 Å². The number of unbranched alkanes of at least 4 members (excludes halogenated alkanes) is 7. The van der Waals surface area contributed by atoms with Crippen molar-refractivity contribution in [1.29, 1.82) is 0 Å². The Bertz CT molecular complexity index is 483. The summed E-state index contributed by atoms with van der Waals surface area (Å²) in [6.07, 6.45) is 22.3. The molecule has 0 aromatic heterocycles. The second-order valence-corrected chi connectivity index (χ2v) is 6.84. The van der Waals surface area contributed by atoms with Crippen molar-refractivity contribution in [2.75, 3.05) is 14.2 Å². The van der Waals surface area contributed by atoms with Crippen molar-refractivity contribution in [2.24, 2.45) is 0 Å². The van der Waals surface area contributed by atoms with E-state index >= 15 is 0 Å². The Hall–Kier alpha value is -1.43. The van der Waals surface area contributed by atoms with Crippen LogP contribution in [0, 0.1) is 0 Å². The molecule has 0 aromatic carbocycles. The first-order chi connectivity index (χ1) is 13.2. The van der Waals surface area contributed by atoms with E-state index in [-0.39, 0.29) is 12.4 Å². The van der Waals surface area contributed by atoms with Crippen molar-refractivity contribution >= 4 is 5.97 Å². The Morgan fingerprint density at radius 2 is 1.78 bits per heavy atom. The fourth-order valence-corrected chi connectivity index (χ4v) is 2.94. The standard InChI is InChI=1S/C22H36O5/c1-4-5-6-7-8-9-10-11-12-13-14-15-17-22(25-3)18-16-20(26-27-22)19-21(23)24-2/h4-7,16,18,20H,8-15,17,19H2,1-3H3/b5-4+,7-6+. The highest BCUT2D eigenvalue weighted by molar-refractivity contribution is 5.70. The van der Waals surface area contributed by atoms with Crippen molar-refractivity contribution in [3.63, 3.8) is 0 Å². The first kappa shape index (κ1) is 23.6. The minimum Gasteiger partial charge on any atom is -0.469 e. The third kappa shape index (κ3) is 10.5. The zero-order valence-corrected chi connectivity index (χ0v) is 17.2. The lowest BCUT2D eigenvalue weighted by Gasteiger charge is -2.32. The van der Waals surface area contributed by atoms with Gasteiger partial charge in [-0.15, -0.1) is 0 Å². The lowest BCUT2D eigenvalue weighted by atomic mass is 10.0. The van der Waals surface area contributed by atoms with Gasteiger partial charge in [0.15, 0.2) is 0 Å². The fourth-order valence-electron chi connectivity index (χ4n) is 2.94. The van der Waals surface area contributed by atoms with Gasteiger partial charge in [0.2, 0.25) is 5.79 Å². The molecule has 0 spiro atoms. The Morgan fingerprint density at radius 1 is 1.07 bits per heavy atom. The third-order valence-corrected chi connectivity index (χ3v) is 4.65. The van der Waals surface area contributed by atoms with Crippen molar-refractivity contribution in [3.8, 4) is 0 Å². The molecule has 1 rings (SSSR count). The number of carbonyl (C=O) groups excluding carboxylic acids is 1. The molecule has 2 unspecified atom stereocenters. The summed E-state index contributed by atoms with van der Waals surface area (Å²) in [7, 11) is 2.97. The molecule has 5 heteroatoms. The molecule has 27 heavy (non-hydrogen) atoms. The predicted octanol–water partition coefficient (Wildman–Crippen LogP) is 5.42. The van der Waals surface area contributed by atoms with E-state index in [1.807, 2.05) is 25.2 Å². The van der Waals surface area contributed by atoms with Crippen LogP contribution in [0.3, 0.4) is 0 Å². The molecule has 2 atom stereocenters. The smallest absolute Gasteiger partial charge is 0.308 e. The van der Waals surface area contributed by atoms with Gasteiger partial charge in [-0.05, 0) is 32.3 Å². The highest BCUT2D eigenvalue weighted by Gasteiger charge is 2.34. The number of hydrogen-bond donors (Lipinski definition) is 0. The molecule has 0 N–H and O–H groups in total. The molecule has 5 nitrogen and oxygen atoms in total. The average molecular weight is 381 g/mol. The van der Waals surface area contributed by atoms with Gasteiger partial charge in [0.25, 0.3) is 0 Å². The van der Waals surface area contributed by atoms with E-state index in [1.54, 1.807) is 7.11 Å². The van der Waals surface area contributed by atoms with Gasteiger partial charge in [0.1, 0.15) is 6.10 Å². The van der Waals surface area contributed by atoms with E-state index in [0.717, 1.165) is 19.3 Å². The molecule has 0 saturated heterocycles. The quantitative estimate of drug-likeness (QED) is 0.132. The lowest BCUT2D eigenvalue weighted by Crippen LogP contribution is -2.38. The van der Waals surface area contributed by atoms with Crippen LogP contribution in [-0.2, 0) is 24.0 Å². The largest absolute Gasteiger partial charge is 0.469 e. The van der Waals surface area contributed by atoms with Crippen LogP contribution in [0.1, 0.15) is 71.1 Å². The van der Waals surface area contributed by atoms with Crippen molar-refractivity contribution < 1.29 is 24.0 Å². The summed E-state index contributed by atoms with van der Waals surface area (Å²) >= 11 is 0. The maximum absolute atomic E-state index is 11.3. The Labute approximate surface area is 164 Å². The summed E-state index contributed by atoms with van der Waals surface area (Å²) in [4.78, 5) is 22.0. The SMILES string of the molecule is C/C=C/C=C/CCCCCCCCCC1(OC)C=CC(CC(=O)OC)OO1. The maximum atomic E-state index is 11.3. The maximum Gasteiger partial charge on any atom is 0.308 e. The summed E-state index contributed by atoms with van der Waals surface area (Å²) in [5.74, 6) is -1.17. The third-order valence-electron chi connectivity index (χ3n) is 4.65. The Morgan fingerprint density at radius 3 is 2.37 bits per heavy atom. The minimum absolute atomic E-state index is 0.137. The van der Waals surface area contributed by atoms with E-state index in [0.29, 0.717) is 0 Å². The van der Waals surface area contributed by atoms with Gasteiger partial charge in [-0.1, -0.05) is 62.5 Å². The van der Waals surface area contributed by atoms with E-state index in [9.17, 15) is 4.79 Å². The van der Waals surface area contributed by atoms with Crippen LogP contribution in [0.5, 0.6) is 0 Å². The number of methoxy groups -OCH3 is 2. The molecule has 154 valence electrons. The Balaban J connectivity index is 2.11. The average Bonchev–Trinajstić information content (AvgIpc) is 2.70. The molecule has 0 radical (unpaired) electrons. The van der Waals surface area contributed by atoms with Gasteiger partial charge >= 0.3 is 5.97 Å². The van der Waals surface area contributed by atoms with E-state index in [1.165, 1.54) is 45.6 Å². The highest BCUT2D eigenvalue weighted by atomic mass is 17.2. The molecule has 0 aliphatic carbocycles. The van der Waals surface area contributed by atoms with Crippen LogP contribution >= 0.6 is 0 Å². The van der Waals surface area contributed by atoms with Gasteiger partial charge in [-0.25, -0.2) is 4.89 Å². The summed E-state index contributed by atoms with van der Waals surface area (Å²) < 4.78 is 10.1. The van der Waals surface area contributed by atoms with Crippen LogP contribution in [-0.4, -0.2) is 32.1 Å². The number of allylic oxidation sites excluding steroid dienone is 4. The number of hydrogen-bond acceptors (Lipinski definition) is 5. The molecule has 1 aliphatic heterocycles. The molecule has 0 saturated carbocycles. The number of carbonyl (C=O) groups is 1. The molecule has 0 amide bonds. The summed E-state index contributed by atoms with van der Waals surface area (Å²) in [6.45, 7) is 2.03. The van der Waals surface area contributed by atoms with Crippen LogP contribution in [0.15, 0.2) is 36.5 Å². The van der Waals surface area contributed by atoms with Crippen LogP contribution in [0.25, 0.3) is 0 Å². The number of ether oxygens (including phenoxy) is 2. The summed E-state index contributed by atoms with van der Waals surface area (Å²) in [5.41, 5.74) is 0. The van der Waals surface area contributed by atoms with Gasteiger partial charge in [-0.3, -0.25) is 4.79 Å². The van der Waals surface area contributed by atoms with Crippen LogP contribution < -0.4 is 0 Å². The fraction of sp³-hybridized carbons (Fsp3) is 0.682. The topological polar surface area (TPSA) is 54.0 Å². The zero-order valence-electron chi connectivity index (χ0n) is 17.2. The van der Waals surface area contributed by atoms with Gasteiger partial charge in [0, 0.05) is 13.5 Å². The summed E-state index contributed by atoms with van der Waals surface area (Å²) in [6, 6.07) is 0. The zero-order chi connectivity index (χ0) is 19.8. The monoisotopic (exact) mass is 380 g/mol. The molecule has 1 heterocycles. The molecule has 0 aromatic rings. The van der Waals surface area contributed by atoms with Crippen molar-refractivity contribution in [3.05, 3.63) is 36.5 Å².